The Morgan fingerprint density at radius 3 is 2.66 bits per heavy atom. The van der Waals surface area contributed by atoms with Crippen molar-refractivity contribution in [1.82, 2.24) is 25.1 Å². The van der Waals surface area contributed by atoms with E-state index in [9.17, 15) is 14.0 Å². The number of hydrogen-bond acceptors (Lipinski definition) is 7. The number of nitrogens with zero attached hydrogens (tertiary/aromatic N) is 6. The van der Waals surface area contributed by atoms with Gasteiger partial charge in [-0.2, -0.15) is 0 Å². The quantitative estimate of drug-likeness (QED) is 0.472. The molecule has 2 saturated carbocycles. The summed E-state index contributed by atoms with van der Waals surface area (Å²) in [5, 5.41) is 3.79. The molecule has 5 heterocycles. The Kier molecular flexibility index (Phi) is 7.97. The molecule has 5 fully saturated rings. The van der Waals surface area contributed by atoms with E-state index < -0.39 is 5.82 Å². The number of likely N-dealkylation sites (tertiary alicyclic amines) is 1. The number of rotatable bonds is 8. The van der Waals surface area contributed by atoms with Crippen LogP contribution in [0.25, 0.3) is 0 Å². The number of anilines is 3. The summed E-state index contributed by atoms with van der Waals surface area (Å²) < 4.78 is 14.5. The third kappa shape index (κ3) is 5.43. The number of piperidine rings is 2. The predicted molar refractivity (Wildman–Crippen MR) is 168 cm³/mol. The van der Waals surface area contributed by atoms with Crippen LogP contribution in [0.15, 0.2) is 30.7 Å². The number of aromatic nitrogens is 2. The van der Waals surface area contributed by atoms with Crippen LogP contribution in [0, 0.1) is 23.6 Å². The molecule has 3 saturated heterocycles. The second-order valence-corrected chi connectivity index (χ2v) is 13.9. The van der Waals surface area contributed by atoms with Gasteiger partial charge in [0.25, 0.3) is 5.91 Å². The average Bonchev–Trinajstić information content (AvgIpc) is 3.72. The van der Waals surface area contributed by atoms with Gasteiger partial charge in [-0.25, -0.2) is 14.4 Å². The van der Waals surface area contributed by atoms with Crippen LogP contribution in [0.4, 0.5) is 21.6 Å². The van der Waals surface area contributed by atoms with E-state index in [0.29, 0.717) is 49.4 Å². The van der Waals surface area contributed by atoms with Gasteiger partial charge < -0.3 is 24.9 Å². The van der Waals surface area contributed by atoms with Crippen molar-refractivity contribution in [3.63, 3.8) is 0 Å². The molecule has 44 heavy (non-hydrogen) atoms. The van der Waals surface area contributed by atoms with Gasteiger partial charge in [0, 0.05) is 50.8 Å². The van der Waals surface area contributed by atoms with Crippen LogP contribution < -0.4 is 15.1 Å². The molecule has 1 N–H and O–H groups in total. The number of carbonyl (C=O) groups excluding carboxylic acids is 2. The molecule has 2 aromatic rings. The number of nitrogens with one attached hydrogen (secondary N) is 1. The fourth-order valence-electron chi connectivity index (χ4n) is 8.48. The number of fused-ring (bicyclic) bond motifs is 4. The summed E-state index contributed by atoms with van der Waals surface area (Å²) in [4.78, 5) is 44.7. The van der Waals surface area contributed by atoms with Gasteiger partial charge in [0.05, 0.1) is 23.5 Å². The topological polar surface area (TPSA) is 84.9 Å². The largest absolute Gasteiger partial charge is 0.348 e. The zero-order valence-corrected chi connectivity index (χ0v) is 26.3. The first-order chi connectivity index (χ1) is 21.3. The highest BCUT2D eigenvalue weighted by atomic mass is 19.1. The van der Waals surface area contributed by atoms with Crippen molar-refractivity contribution in [2.45, 2.75) is 89.9 Å². The maximum absolute atomic E-state index is 14.5. The fraction of sp³-hybridized carbons (Fsp3) is 0.647. The van der Waals surface area contributed by atoms with E-state index in [2.05, 4.69) is 20.1 Å². The highest BCUT2D eigenvalue weighted by Crippen LogP contribution is 2.45. The van der Waals surface area contributed by atoms with E-state index >= 15 is 0 Å². The van der Waals surface area contributed by atoms with Crippen LogP contribution in [0.3, 0.4) is 0 Å². The first-order valence-electron chi connectivity index (χ1n) is 16.8. The summed E-state index contributed by atoms with van der Waals surface area (Å²) in [5.74, 6) is 2.58. The number of halogens is 1. The average molecular weight is 604 g/mol. The lowest BCUT2D eigenvalue weighted by Gasteiger charge is -2.48. The number of hydrogen-bond donors (Lipinski definition) is 1. The second-order valence-electron chi connectivity index (χ2n) is 13.9. The van der Waals surface area contributed by atoms with Gasteiger partial charge in [-0.05, 0) is 88.8 Å². The van der Waals surface area contributed by atoms with Crippen molar-refractivity contribution in [1.29, 1.82) is 0 Å². The minimum Gasteiger partial charge on any atom is -0.348 e. The molecule has 1 aromatic carbocycles. The Hall–Kier alpha value is -3.27. The number of benzene rings is 1. The van der Waals surface area contributed by atoms with Crippen molar-refractivity contribution >= 4 is 29.0 Å². The first-order valence-corrected chi connectivity index (χ1v) is 16.8. The molecule has 236 valence electrons. The summed E-state index contributed by atoms with van der Waals surface area (Å²) >= 11 is 0. The number of amides is 2. The minimum absolute atomic E-state index is 0.00717. The third-order valence-electron chi connectivity index (χ3n) is 10.9. The van der Waals surface area contributed by atoms with Crippen LogP contribution >= 0.6 is 0 Å². The minimum atomic E-state index is -0.435. The van der Waals surface area contributed by atoms with Crippen molar-refractivity contribution in [2.75, 3.05) is 42.5 Å². The molecule has 1 unspecified atom stereocenters. The van der Waals surface area contributed by atoms with Gasteiger partial charge in [-0.3, -0.25) is 9.59 Å². The fourth-order valence-corrected chi connectivity index (χ4v) is 8.48. The summed E-state index contributed by atoms with van der Waals surface area (Å²) in [7, 11) is 0. The van der Waals surface area contributed by atoms with E-state index in [1.165, 1.54) is 50.7 Å². The molecule has 0 spiro atoms. The Labute approximate surface area is 260 Å². The summed E-state index contributed by atoms with van der Waals surface area (Å²) in [5.41, 5.74) is 1.80. The first kappa shape index (κ1) is 29.4. The van der Waals surface area contributed by atoms with Gasteiger partial charge >= 0.3 is 0 Å². The van der Waals surface area contributed by atoms with Crippen LogP contribution in [0.2, 0.25) is 0 Å². The number of carbonyl (C=O) groups is 2. The normalized spacial score (nSPS) is 28.0. The summed E-state index contributed by atoms with van der Waals surface area (Å²) in [6, 6.07) is 5.05. The Bertz CT molecular complexity index is 1400. The second kappa shape index (κ2) is 11.9. The molecule has 2 aliphatic carbocycles. The van der Waals surface area contributed by atoms with Crippen molar-refractivity contribution in [2.24, 2.45) is 17.8 Å². The monoisotopic (exact) mass is 603 g/mol. The Balaban J connectivity index is 1.08. The highest BCUT2D eigenvalue weighted by Gasteiger charge is 2.47. The lowest BCUT2D eigenvalue weighted by Crippen LogP contribution is -2.62. The maximum atomic E-state index is 14.5. The molecule has 4 aliphatic heterocycles. The molecule has 6 aliphatic rings. The predicted octanol–water partition coefficient (Wildman–Crippen LogP) is 4.60. The van der Waals surface area contributed by atoms with E-state index in [1.807, 2.05) is 25.7 Å². The van der Waals surface area contributed by atoms with Crippen LogP contribution in [-0.4, -0.2) is 88.5 Å². The molecule has 2 bridgehead atoms. The zero-order valence-electron chi connectivity index (χ0n) is 26.3. The highest BCUT2D eigenvalue weighted by molar-refractivity contribution is 6.01. The van der Waals surface area contributed by atoms with Crippen molar-refractivity contribution in [3.8, 4) is 0 Å². The molecule has 1 aromatic heterocycles. The SMILES string of the molecule is CCN(C(=O)c1cc(F)ccc1N1CCN(C2CCN(C(=O)[C@H]3N[C@H]4CC[C@@H]3C[C@H]4CC3CC3)C2)c2ncncc21)C(C)C. The molecule has 8 rings (SSSR count). The Morgan fingerprint density at radius 1 is 1.09 bits per heavy atom. The van der Waals surface area contributed by atoms with Crippen LogP contribution in [0.1, 0.15) is 76.1 Å². The van der Waals surface area contributed by atoms with Crippen LogP contribution in [-0.2, 0) is 4.79 Å². The van der Waals surface area contributed by atoms with Crippen molar-refractivity contribution in [3.05, 3.63) is 42.1 Å². The Morgan fingerprint density at radius 2 is 1.93 bits per heavy atom. The van der Waals surface area contributed by atoms with Crippen LogP contribution in [0.5, 0.6) is 0 Å². The van der Waals surface area contributed by atoms with E-state index in [1.54, 1.807) is 23.5 Å². The smallest absolute Gasteiger partial charge is 0.256 e. The third-order valence-corrected chi connectivity index (χ3v) is 10.9. The molecule has 0 radical (unpaired) electrons. The molecular formula is C34H46FN7O2. The van der Waals surface area contributed by atoms with E-state index in [4.69, 9.17) is 4.98 Å². The van der Waals surface area contributed by atoms with Crippen molar-refractivity contribution < 1.29 is 14.0 Å². The van der Waals surface area contributed by atoms with Gasteiger partial charge in [0.2, 0.25) is 5.91 Å². The molecule has 9 nitrogen and oxygen atoms in total. The van der Waals surface area contributed by atoms with E-state index in [-0.39, 0.29) is 29.9 Å². The molecule has 10 heteroatoms. The lowest BCUT2D eigenvalue weighted by atomic mass is 9.68. The summed E-state index contributed by atoms with van der Waals surface area (Å²) in [6.45, 7) is 9.13. The van der Waals surface area contributed by atoms with E-state index in [0.717, 1.165) is 36.3 Å². The maximum Gasteiger partial charge on any atom is 0.256 e. The van der Waals surface area contributed by atoms with Gasteiger partial charge in [0.1, 0.15) is 17.8 Å². The summed E-state index contributed by atoms with van der Waals surface area (Å²) in [6.07, 6.45) is 11.9. The molecule has 5 atom stereocenters. The standard InChI is InChI=1S/C34H46FN7O2/c1-4-40(21(2)3)33(43)27-17-25(35)8-10-29(27)42-14-13-41(32-30(42)18-36-20-37-32)26-11-12-39(19-26)34(44)31-23-7-9-28(38-31)24(16-23)15-22-5-6-22/h8,10,17-18,20-24,26,28,31,38H,4-7,9,11-16,19H2,1-3H3/t23-,24-,26?,28+,31+/m1/s1. The molecular weight excluding hydrogens is 557 g/mol. The van der Waals surface area contributed by atoms with Gasteiger partial charge in [-0.1, -0.05) is 12.8 Å². The van der Waals surface area contributed by atoms with Gasteiger partial charge in [-0.15, -0.1) is 0 Å². The lowest BCUT2D eigenvalue weighted by molar-refractivity contribution is -0.137. The molecule has 2 amide bonds. The van der Waals surface area contributed by atoms with Gasteiger partial charge in [0.15, 0.2) is 5.82 Å². The zero-order chi connectivity index (χ0) is 30.5.